The van der Waals surface area contributed by atoms with Crippen molar-refractivity contribution >= 4 is 13.5 Å². The zero-order valence-electron chi connectivity index (χ0n) is 13.8. The van der Waals surface area contributed by atoms with Crippen LogP contribution in [0.3, 0.4) is 0 Å². The first-order chi connectivity index (χ1) is 11.9. The molecule has 0 radical (unpaired) electrons. The molecule has 0 aromatic heterocycles. The van der Waals surface area contributed by atoms with Crippen LogP contribution in [0.5, 0.6) is 0 Å². The van der Waals surface area contributed by atoms with Gasteiger partial charge in [0.15, 0.2) is 0 Å². The van der Waals surface area contributed by atoms with Crippen LogP contribution >= 0.6 is 7.60 Å². The maximum Gasteiger partial charge on any atom is 0.325 e. The lowest BCUT2D eigenvalue weighted by Gasteiger charge is -2.22. The average molecular weight is 363 g/mol. The Labute approximate surface area is 147 Å². The van der Waals surface area contributed by atoms with E-state index in [0.29, 0.717) is 0 Å². The number of benzene rings is 2. The summed E-state index contributed by atoms with van der Waals surface area (Å²) in [6, 6.07) is 18.7. The molecule has 1 amide bonds. The van der Waals surface area contributed by atoms with Crippen molar-refractivity contribution in [2.45, 2.75) is 19.4 Å². The minimum atomic E-state index is -4.09. The highest BCUT2D eigenvalue weighted by Gasteiger charge is 2.18. The molecule has 0 atom stereocenters. The predicted molar refractivity (Wildman–Crippen MR) is 94.6 cm³/mol. The summed E-state index contributed by atoms with van der Waals surface area (Å²) in [7, 11) is -4.09. The van der Waals surface area contributed by atoms with E-state index in [1.807, 2.05) is 60.7 Å². The number of hydrogen-bond donors (Lipinski definition) is 2. The normalized spacial score (nSPS) is 11.3. The molecule has 0 bridgehead atoms. The smallest absolute Gasteiger partial charge is 0.324 e. The van der Waals surface area contributed by atoms with Crippen LogP contribution in [-0.2, 0) is 27.2 Å². The van der Waals surface area contributed by atoms with Crippen molar-refractivity contribution in [1.82, 2.24) is 5.06 Å². The first-order valence-electron chi connectivity index (χ1n) is 8.00. The van der Waals surface area contributed by atoms with Crippen molar-refractivity contribution in [3.05, 3.63) is 71.8 Å². The fourth-order valence-electron chi connectivity index (χ4n) is 2.27. The number of amides is 1. The largest absolute Gasteiger partial charge is 0.325 e. The Morgan fingerprint density at radius 2 is 1.52 bits per heavy atom. The van der Waals surface area contributed by atoms with Gasteiger partial charge in [0.05, 0.1) is 12.6 Å². The molecule has 0 aliphatic carbocycles. The van der Waals surface area contributed by atoms with Crippen LogP contribution in [0.2, 0.25) is 0 Å². The summed E-state index contributed by atoms with van der Waals surface area (Å²) in [5.74, 6) is -0.243. The van der Waals surface area contributed by atoms with E-state index < -0.39 is 7.60 Å². The van der Waals surface area contributed by atoms with E-state index in [1.165, 1.54) is 5.06 Å². The van der Waals surface area contributed by atoms with Crippen molar-refractivity contribution in [2.24, 2.45) is 0 Å². The molecule has 0 heterocycles. The Balaban J connectivity index is 1.97. The first-order valence-corrected chi connectivity index (χ1v) is 9.79. The summed E-state index contributed by atoms with van der Waals surface area (Å²) in [6.45, 7) is 0.348. The number of nitrogens with zero attached hydrogens (tertiary/aromatic N) is 1. The van der Waals surface area contributed by atoms with Gasteiger partial charge in [0, 0.05) is 6.54 Å². The van der Waals surface area contributed by atoms with E-state index >= 15 is 0 Å². The Morgan fingerprint density at radius 1 is 0.960 bits per heavy atom. The van der Waals surface area contributed by atoms with E-state index in [1.54, 1.807) is 0 Å². The van der Waals surface area contributed by atoms with Crippen molar-refractivity contribution in [3.8, 4) is 0 Å². The molecule has 6 nitrogen and oxygen atoms in total. The van der Waals surface area contributed by atoms with E-state index in [4.69, 9.17) is 14.6 Å². The van der Waals surface area contributed by atoms with Crippen LogP contribution in [0.15, 0.2) is 60.7 Å². The number of carbonyl (C=O) groups is 1. The molecule has 2 N–H and O–H groups in total. The quantitative estimate of drug-likeness (QED) is 0.528. The topological polar surface area (TPSA) is 87.1 Å². The molecular weight excluding hydrogens is 341 g/mol. The monoisotopic (exact) mass is 363 g/mol. The average Bonchev–Trinajstić information content (AvgIpc) is 2.58. The fourth-order valence-corrected chi connectivity index (χ4v) is 2.82. The third-order valence-electron chi connectivity index (χ3n) is 3.52. The molecule has 0 spiro atoms. The second-order valence-corrected chi connectivity index (χ2v) is 7.44. The SMILES string of the molecule is O=C(Cc1ccccc1)N(CCCP(=O)(O)O)OCc1ccccc1. The molecule has 0 saturated carbocycles. The van der Waals surface area contributed by atoms with Gasteiger partial charge in [0.1, 0.15) is 6.61 Å². The minimum absolute atomic E-state index is 0.129. The van der Waals surface area contributed by atoms with Gasteiger partial charge < -0.3 is 9.79 Å². The summed E-state index contributed by atoms with van der Waals surface area (Å²) in [6.07, 6.45) is 0.0575. The molecule has 134 valence electrons. The second kappa shape index (κ2) is 9.49. The first kappa shape index (κ1) is 19.3. The van der Waals surface area contributed by atoms with E-state index in [0.717, 1.165) is 11.1 Å². The van der Waals surface area contributed by atoms with Gasteiger partial charge in [-0.2, -0.15) is 0 Å². The maximum absolute atomic E-state index is 12.5. The second-order valence-electron chi connectivity index (χ2n) is 5.66. The van der Waals surface area contributed by atoms with Crippen LogP contribution in [0, 0.1) is 0 Å². The molecule has 0 aliphatic rings. The molecule has 7 heteroatoms. The summed E-state index contributed by atoms with van der Waals surface area (Å²) in [5, 5.41) is 1.20. The van der Waals surface area contributed by atoms with Crippen molar-refractivity contribution in [2.75, 3.05) is 12.7 Å². The molecule has 2 aromatic carbocycles. The van der Waals surface area contributed by atoms with Crippen molar-refractivity contribution in [3.63, 3.8) is 0 Å². The van der Waals surface area contributed by atoms with Gasteiger partial charge in [-0.05, 0) is 17.5 Å². The molecule has 0 fully saturated rings. The lowest BCUT2D eigenvalue weighted by molar-refractivity contribution is -0.191. The third-order valence-corrected chi connectivity index (χ3v) is 4.42. The Hall–Kier alpha value is -1.98. The Bertz CT molecular complexity index is 702. The molecule has 0 saturated heterocycles. The highest BCUT2D eigenvalue weighted by molar-refractivity contribution is 7.51. The van der Waals surface area contributed by atoms with Gasteiger partial charge in [0.2, 0.25) is 0 Å². The summed E-state index contributed by atoms with van der Waals surface area (Å²) in [5.41, 5.74) is 1.77. The number of rotatable bonds is 9. The van der Waals surface area contributed by atoms with Crippen LogP contribution < -0.4 is 0 Å². The van der Waals surface area contributed by atoms with Crippen LogP contribution in [0.1, 0.15) is 17.5 Å². The molecule has 25 heavy (non-hydrogen) atoms. The van der Waals surface area contributed by atoms with E-state index in [2.05, 4.69) is 0 Å². The Morgan fingerprint density at radius 3 is 2.08 bits per heavy atom. The highest BCUT2D eigenvalue weighted by atomic mass is 31.2. The van der Waals surface area contributed by atoms with Gasteiger partial charge in [-0.15, -0.1) is 0 Å². The number of hydroxylamine groups is 2. The fraction of sp³-hybridized carbons (Fsp3) is 0.278. The van der Waals surface area contributed by atoms with E-state index in [9.17, 15) is 9.36 Å². The van der Waals surface area contributed by atoms with Gasteiger partial charge >= 0.3 is 7.60 Å². The lowest BCUT2D eigenvalue weighted by atomic mass is 10.1. The van der Waals surface area contributed by atoms with Gasteiger partial charge in [-0.25, -0.2) is 5.06 Å². The minimum Gasteiger partial charge on any atom is -0.324 e. The molecule has 0 unspecified atom stereocenters. The van der Waals surface area contributed by atoms with Crippen LogP contribution in [0.4, 0.5) is 0 Å². The molecule has 0 aliphatic heterocycles. The van der Waals surface area contributed by atoms with Crippen LogP contribution in [-0.4, -0.2) is 33.5 Å². The van der Waals surface area contributed by atoms with Crippen molar-refractivity contribution < 1.29 is 24.0 Å². The maximum atomic E-state index is 12.5. The van der Waals surface area contributed by atoms with E-state index in [-0.39, 0.29) is 38.1 Å². The van der Waals surface area contributed by atoms with Crippen molar-refractivity contribution in [1.29, 1.82) is 0 Å². The molecule has 2 rings (SSSR count). The van der Waals surface area contributed by atoms with Gasteiger partial charge in [0.25, 0.3) is 5.91 Å². The molecule has 2 aromatic rings. The zero-order valence-corrected chi connectivity index (χ0v) is 14.7. The molecular formula is C18H22NO5P. The number of hydrogen-bond acceptors (Lipinski definition) is 3. The third kappa shape index (κ3) is 7.63. The highest BCUT2D eigenvalue weighted by Crippen LogP contribution is 2.34. The van der Waals surface area contributed by atoms with Crippen LogP contribution in [0.25, 0.3) is 0 Å². The van der Waals surface area contributed by atoms with Gasteiger partial charge in [-0.1, -0.05) is 60.7 Å². The standard InChI is InChI=1S/C18H22NO5P/c20-18(14-16-8-3-1-4-9-16)19(12-7-13-25(21,22)23)24-15-17-10-5-2-6-11-17/h1-6,8-11H,7,12-15H2,(H2,21,22,23). The number of carbonyl (C=O) groups excluding carboxylic acids is 1. The summed E-state index contributed by atoms with van der Waals surface area (Å²) >= 11 is 0. The summed E-state index contributed by atoms with van der Waals surface area (Å²) < 4.78 is 11.0. The van der Waals surface area contributed by atoms with Gasteiger partial charge in [-0.3, -0.25) is 14.2 Å². The zero-order chi connectivity index (χ0) is 18.1. The predicted octanol–water partition coefficient (Wildman–Crippen LogP) is 2.76. The Kier molecular flexibility index (Phi) is 7.34. The summed E-state index contributed by atoms with van der Waals surface area (Å²) in [4.78, 5) is 36.1. The lowest BCUT2D eigenvalue weighted by Crippen LogP contribution is -2.33.